The van der Waals surface area contributed by atoms with Gasteiger partial charge >= 0.3 is 0 Å². The predicted molar refractivity (Wildman–Crippen MR) is 81.0 cm³/mol. The van der Waals surface area contributed by atoms with Crippen LogP contribution in [0.15, 0.2) is 37.2 Å². The lowest BCUT2D eigenvalue weighted by Gasteiger charge is -2.16. The second kappa shape index (κ2) is 6.05. The molecule has 0 aromatic carbocycles. The van der Waals surface area contributed by atoms with Gasteiger partial charge in [-0.3, -0.25) is 4.98 Å². The molecule has 0 aliphatic carbocycles. The summed E-state index contributed by atoms with van der Waals surface area (Å²) in [5, 5.41) is 7.75. The quantitative estimate of drug-likeness (QED) is 0.750. The second-order valence-corrected chi connectivity index (χ2v) is 5.09. The molecule has 3 heterocycles. The Hall–Kier alpha value is -2.21. The van der Waals surface area contributed by atoms with Crippen LogP contribution in [0.1, 0.15) is 30.8 Å². The highest BCUT2D eigenvalue weighted by Gasteiger charge is 2.17. The molecule has 3 aromatic heterocycles. The van der Waals surface area contributed by atoms with Gasteiger partial charge in [0.25, 0.3) is 0 Å². The molecule has 1 atom stereocenters. The predicted octanol–water partition coefficient (Wildman–Crippen LogP) is 1.84. The summed E-state index contributed by atoms with van der Waals surface area (Å²) in [6.45, 7) is 3.18. The van der Waals surface area contributed by atoms with Crippen LogP contribution in [-0.4, -0.2) is 31.2 Å². The highest BCUT2D eigenvalue weighted by molar-refractivity contribution is 5.53. The lowest BCUT2D eigenvalue weighted by atomic mass is 10.1. The van der Waals surface area contributed by atoms with Crippen molar-refractivity contribution in [3.8, 4) is 0 Å². The summed E-state index contributed by atoms with van der Waals surface area (Å²) in [5.41, 5.74) is 2.18. The number of fused-ring (bicyclic) bond motifs is 1. The molecule has 6 heteroatoms. The first-order valence-corrected chi connectivity index (χ1v) is 7.28. The lowest BCUT2D eigenvalue weighted by molar-refractivity contribution is 0.545. The molecule has 0 saturated carbocycles. The van der Waals surface area contributed by atoms with Crippen molar-refractivity contribution in [2.75, 3.05) is 7.05 Å². The SMILES string of the molecule is CCCn1ccnc1CC(NC)c1cnn2ccncc12. The molecule has 3 aromatic rings. The lowest BCUT2D eigenvalue weighted by Crippen LogP contribution is -2.20. The number of nitrogens with one attached hydrogen (secondary N) is 1. The smallest absolute Gasteiger partial charge is 0.110 e. The first kappa shape index (κ1) is 13.8. The zero-order valence-electron chi connectivity index (χ0n) is 12.4. The number of rotatable bonds is 6. The molecular weight excluding hydrogens is 264 g/mol. The van der Waals surface area contributed by atoms with Crippen LogP contribution in [0.3, 0.4) is 0 Å². The fourth-order valence-corrected chi connectivity index (χ4v) is 2.65. The summed E-state index contributed by atoms with van der Waals surface area (Å²) in [7, 11) is 1.97. The number of hydrogen-bond donors (Lipinski definition) is 1. The van der Waals surface area contributed by atoms with Crippen LogP contribution in [-0.2, 0) is 13.0 Å². The van der Waals surface area contributed by atoms with Gasteiger partial charge in [0.15, 0.2) is 0 Å². The van der Waals surface area contributed by atoms with E-state index in [0.29, 0.717) is 0 Å². The first-order valence-electron chi connectivity index (χ1n) is 7.28. The van der Waals surface area contributed by atoms with Gasteiger partial charge in [-0.15, -0.1) is 0 Å². The van der Waals surface area contributed by atoms with Gasteiger partial charge < -0.3 is 9.88 Å². The maximum absolute atomic E-state index is 4.49. The van der Waals surface area contributed by atoms with E-state index in [0.717, 1.165) is 36.3 Å². The van der Waals surface area contributed by atoms with Crippen molar-refractivity contribution < 1.29 is 0 Å². The Bertz CT molecular complexity index is 714. The van der Waals surface area contributed by atoms with Crippen molar-refractivity contribution in [3.05, 3.63) is 48.6 Å². The summed E-state index contributed by atoms with van der Waals surface area (Å²) < 4.78 is 4.07. The number of aryl methyl sites for hydroxylation is 1. The van der Waals surface area contributed by atoms with E-state index >= 15 is 0 Å². The van der Waals surface area contributed by atoms with Gasteiger partial charge in [0.2, 0.25) is 0 Å². The maximum Gasteiger partial charge on any atom is 0.110 e. The third-order valence-corrected chi connectivity index (χ3v) is 3.73. The standard InChI is InChI=1S/C15H20N6/c1-3-6-20-7-5-18-15(20)9-13(16-2)12-10-19-21-8-4-17-11-14(12)21/h4-5,7-8,10-11,13,16H,3,6,9H2,1-2H3. The van der Waals surface area contributed by atoms with Gasteiger partial charge in [-0.2, -0.15) is 5.10 Å². The molecule has 0 aliphatic rings. The molecule has 0 saturated heterocycles. The zero-order valence-corrected chi connectivity index (χ0v) is 12.4. The van der Waals surface area contributed by atoms with Crippen LogP contribution < -0.4 is 5.32 Å². The van der Waals surface area contributed by atoms with E-state index in [1.807, 2.05) is 42.5 Å². The summed E-state index contributed by atoms with van der Waals surface area (Å²) in [4.78, 5) is 8.69. The molecule has 0 amide bonds. The van der Waals surface area contributed by atoms with Crippen LogP contribution in [0.2, 0.25) is 0 Å². The van der Waals surface area contributed by atoms with Crippen molar-refractivity contribution in [2.24, 2.45) is 0 Å². The minimum atomic E-state index is 0.171. The molecular formula is C15H20N6. The largest absolute Gasteiger partial charge is 0.335 e. The highest BCUT2D eigenvalue weighted by Crippen LogP contribution is 2.21. The fraction of sp³-hybridized carbons (Fsp3) is 0.400. The molecule has 1 N–H and O–H groups in total. The minimum Gasteiger partial charge on any atom is -0.335 e. The molecule has 0 fully saturated rings. The van der Waals surface area contributed by atoms with E-state index in [9.17, 15) is 0 Å². The van der Waals surface area contributed by atoms with Gasteiger partial charge in [-0.25, -0.2) is 9.50 Å². The third kappa shape index (κ3) is 2.67. The molecule has 0 radical (unpaired) electrons. The summed E-state index contributed by atoms with van der Waals surface area (Å²) in [5.74, 6) is 1.10. The van der Waals surface area contributed by atoms with E-state index in [2.05, 4.69) is 31.9 Å². The molecule has 0 spiro atoms. The van der Waals surface area contributed by atoms with Crippen LogP contribution >= 0.6 is 0 Å². The van der Waals surface area contributed by atoms with Crippen molar-refractivity contribution in [3.63, 3.8) is 0 Å². The van der Waals surface area contributed by atoms with Gasteiger partial charge in [0.05, 0.1) is 17.9 Å². The molecule has 21 heavy (non-hydrogen) atoms. The summed E-state index contributed by atoms with van der Waals surface area (Å²) in [6.07, 6.45) is 13.2. The monoisotopic (exact) mass is 284 g/mol. The van der Waals surface area contributed by atoms with Crippen molar-refractivity contribution in [2.45, 2.75) is 32.4 Å². The maximum atomic E-state index is 4.49. The first-order chi connectivity index (χ1) is 10.3. The van der Waals surface area contributed by atoms with Crippen LogP contribution in [0.4, 0.5) is 0 Å². The van der Waals surface area contributed by atoms with Gasteiger partial charge in [0.1, 0.15) is 5.82 Å². The van der Waals surface area contributed by atoms with Crippen LogP contribution in [0, 0.1) is 0 Å². The average molecular weight is 284 g/mol. The fourth-order valence-electron chi connectivity index (χ4n) is 2.65. The summed E-state index contributed by atoms with van der Waals surface area (Å²) in [6, 6.07) is 0.171. The number of hydrogen-bond acceptors (Lipinski definition) is 4. The molecule has 0 aliphatic heterocycles. The molecule has 1 unspecified atom stereocenters. The van der Waals surface area contributed by atoms with E-state index in [-0.39, 0.29) is 6.04 Å². The molecule has 0 bridgehead atoms. The van der Waals surface area contributed by atoms with Crippen LogP contribution in [0.25, 0.3) is 5.52 Å². The molecule has 3 rings (SSSR count). The Kier molecular flexibility index (Phi) is 3.96. The van der Waals surface area contributed by atoms with Gasteiger partial charge in [0, 0.05) is 49.4 Å². The van der Waals surface area contributed by atoms with Gasteiger partial charge in [-0.05, 0) is 13.5 Å². The van der Waals surface area contributed by atoms with Gasteiger partial charge in [-0.1, -0.05) is 6.92 Å². The number of imidazole rings is 1. The minimum absolute atomic E-state index is 0.171. The number of nitrogens with zero attached hydrogens (tertiary/aromatic N) is 5. The number of aromatic nitrogens is 5. The number of likely N-dealkylation sites (N-methyl/N-ethyl adjacent to an activating group) is 1. The topological polar surface area (TPSA) is 60.0 Å². The Morgan fingerprint density at radius 3 is 2.95 bits per heavy atom. The normalized spacial score (nSPS) is 12.9. The average Bonchev–Trinajstić information content (AvgIpc) is 3.12. The molecule has 110 valence electrons. The Morgan fingerprint density at radius 1 is 1.24 bits per heavy atom. The second-order valence-electron chi connectivity index (χ2n) is 5.09. The van der Waals surface area contributed by atoms with E-state index in [1.54, 1.807) is 6.20 Å². The highest BCUT2D eigenvalue weighted by atomic mass is 15.2. The van der Waals surface area contributed by atoms with E-state index in [1.165, 1.54) is 0 Å². The van der Waals surface area contributed by atoms with Crippen molar-refractivity contribution in [1.82, 2.24) is 29.5 Å². The Morgan fingerprint density at radius 2 is 2.14 bits per heavy atom. The van der Waals surface area contributed by atoms with Crippen LogP contribution in [0.5, 0.6) is 0 Å². The Labute approximate surface area is 123 Å². The van der Waals surface area contributed by atoms with E-state index < -0.39 is 0 Å². The Balaban J connectivity index is 1.90. The molecule has 6 nitrogen and oxygen atoms in total. The van der Waals surface area contributed by atoms with Crippen molar-refractivity contribution in [1.29, 1.82) is 0 Å². The van der Waals surface area contributed by atoms with Crippen molar-refractivity contribution >= 4 is 5.52 Å². The third-order valence-electron chi connectivity index (χ3n) is 3.73. The van der Waals surface area contributed by atoms with E-state index in [4.69, 9.17) is 0 Å². The summed E-state index contributed by atoms with van der Waals surface area (Å²) >= 11 is 0. The zero-order chi connectivity index (χ0) is 14.7.